The van der Waals surface area contributed by atoms with Crippen LogP contribution in [0.4, 0.5) is 8.78 Å². The van der Waals surface area contributed by atoms with Crippen molar-refractivity contribution in [2.24, 2.45) is 0 Å². The molecule has 0 spiro atoms. The summed E-state index contributed by atoms with van der Waals surface area (Å²) in [6.45, 7) is 1.88. The summed E-state index contributed by atoms with van der Waals surface area (Å²) in [4.78, 5) is 23.8. The average molecular weight is 337 g/mol. The maximum absolute atomic E-state index is 13.5. The van der Waals surface area contributed by atoms with Crippen molar-refractivity contribution in [3.63, 3.8) is 0 Å². The van der Waals surface area contributed by atoms with Gasteiger partial charge < -0.3 is 10.1 Å². The molecule has 0 heterocycles. The SMILES string of the molecule is C[C@H](OC(=O)c1ccc(F)cc1F)C(=O)NCCC1=CCCCC1. The fourth-order valence-corrected chi connectivity index (χ4v) is 2.55. The molecule has 2 rings (SSSR count). The monoisotopic (exact) mass is 337 g/mol. The molecule has 0 saturated carbocycles. The summed E-state index contributed by atoms with van der Waals surface area (Å²) in [5.74, 6) is -3.24. The highest BCUT2D eigenvalue weighted by Crippen LogP contribution is 2.19. The Morgan fingerprint density at radius 3 is 2.75 bits per heavy atom. The number of carbonyl (C=O) groups is 2. The van der Waals surface area contributed by atoms with E-state index in [1.165, 1.54) is 25.3 Å². The first-order valence-electron chi connectivity index (χ1n) is 8.09. The smallest absolute Gasteiger partial charge is 0.341 e. The van der Waals surface area contributed by atoms with Crippen LogP contribution < -0.4 is 5.32 Å². The third-order valence-corrected chi connectivity index (χ3v) is 3.93. The molecule has 130 valence electrons. The van der Waals surface area contributed by atoms with Gasteiger partial charge in [0, 0.05) is 12.6 Å². The first-order valence-corrected chi connectivity index (χ1v) is 8.09. The van der Waals surface area contributed by atoms with E-state index in [2.05, 4.69) is 11.4 Å². The van der Waals surface area contributed by atoms with Gasteiger partial charge in [-0.3, -0.25) is 4.79 Å². The molecule has 1 amide bonds. The summed E-state index contributed by atoms with van der Waals surface area (Å²) in [5.41, 5.74) is 0.933. The van der Waals surface area contributed by atoms with Gasteiger partial charge in [0.2, 0.25) is 0 Å². The number of carbonyl (C=O) groups excluding carboxylic acids is 2. The zero-order valence-electron chi connectivity index (χ0n) is 13.6. The normalized spacial score (nSPS) is 15.4. The molecule has 0 saturated heterocycles. The van der Waals surface area contributed by atoms with Crippen LogP contribution in [0.25, 0.3) is 0 Å². The van der Waals surface area contributed by atoms with Crippen molar-refractivity contribution >= 4 is 11.9 Å². The Balaban J connectivity index is 1.80. The fourth-order valence-electron chi connectivity index (χ4n) is 2.55. The molecular formula is C18H21F2NO3. The minimum atomic E-state index is -1.05. The van der Waals surface area contributed by atoms with E-state index in [-0.39, 0.29) is 0 Å². The van der Waals surface area contributed by atoms with E-state index in [9.17, 15) is 18.4 Å². The van der Waals surface area contributed by atoms with Gasteiger partial charge in [0.1, 0.15) is 11.6 Å². The number of nitrogens with one attached hydrogen (secondary N) is 1. The summed E-state index contributed by atoms with van der Waals surface area (Å²) < 4.78 is 31.3. The third kappa shape index (κ3) is 5.15. The quantitative estimate of drug-likeness (QED) is 0.638. The summed E-state index contributed by atoms with van der Waals surface area (Å²) in [7, 11) is 0. The molecular weight excluding hydrogens is 316 g/mol. The summed E-state index contributed by atoms with van der Waals surface area (Å²) in [5, 5.41) is 2.70. The maximum atomic E-state index is 13.5. The van der Waals surface area contributed by atoms with Gasteiger partial charge in [-0.25, -0.2) is 13.6 Å². The van der Waals surface area contributed by atoms with Crippen LogP contribution in [0.2, 0.25) is 0 Å². The lowest BCUT2D eigenvalue weighted by molar-refractivity contribution is -0.129. The molecule has 1 aliphatic rings. The second-order valence-corrected chi connectivity index (χ2v) is 5.82. The molecule has 1 atom stereocenters. The lowest BCUT2D eigenvalue weighted by Crippen LogP contribution is -2.36. The van der Waals surface area contributed by atoms with Crippen molar-refractivity contribution in [3.8, 4) is 0 Å². The number of amides is 1. The number of rotatable bonds is 6. The largest absolute Gasteiger partial charge is 0.449 e. The molecule has 6 heteroatoms. The van der Waals surface area contributed by atoms with E-state index in [0.29, 0.717) is 12.6 Å². The number of allylic oxidation sites excluding steroid dienone is 1. The van der Waals surface area contributed by atoms with Gasteiger partial charge in [0.05, 0.1) is 5.56 Å². The number of esters is 1. The molecule has 0 radical (unpaired) electrons. The number of hydrogen-bond acceptors (Lipinski definition) is 3. The molecule has 0 aromatic heterocycles. The Morgan fingerprint density at radius 1 is 1.29 bits per heavy atom. The third-order valence-electron chi connectivity index (χ3n) is 3.93. The molecule has 1 aliphatic carbocycles. The van der Waals surface area contributed by atoms with Gasteiger partial charge in [0.15, 0.2) is 6.10 Å². The molecule has 1 N–H and O–H groups in total. The first-order chi connectivity index (χ1) is 11.5. The number of halogens is 2. The highest BCUT2D eigenvalue weighted by molar-refractivity contribution is 5.92. The standard InChI is InChI=1S/C18H21F2NO3/c1-12(17(22)21-10-9-13-5-3-2-4-6-13)24-18(23)15-8-7-14(19)11-16(15)20/h5,7-8,11-12H,2-4,6,9-10H2,1H3,(H,21,22)/t12-/m0/s1. The van der Waals surface area contributed by atoms with Crippen LogP contribution in [-0.4, -0.2) is 24.5 Å². The van der Waals surface area contributed by atoms with E-state index in [0.717, 1.165) is 31.4 Å². The van der Waals surface area contributed by atoms with Gasteiger partial charge in [-0.15, -0.1) is 0 Å². The fraction of sp³-hybridized carbons (Fsp3) is 0.444. The van der Waals surface area contributed by atoms with Crippen molar-refractivity contribution in [3.05, 3.63) is 47.0 Å². The second kappa shape index (κ2) is 8.57. The topological polar surface area (TPSA) is 55.4 Å². The van der Waals surface area contributed by atoms with Crippen molar-refractivity contribution in [2.75, 3.05) is 6.54 Å². The minimum Gasteiger partial charge on any atom is -0.449 e. The zero-order valence-corrected chi connectivity index (χ0v) is 13.6. The highest BCUT2D eigenvalue weighted by atomic mass is 19.1. The highest BCUT2D eigenvalue weighted by Gasteiger charge is 2.21. The molecule has 24 heavy (non-hydrogen) atoms. The average Bonchev–Trinajstić information content (AvgIpc) is 2.55. The number of ether oxygens (including phenoxy) is 1. The minimum absolute atomic E-state index is 0.400. The van der Waals surface area contributed by atoms with Crippen LogP contribution in [0, 0.1) is 11.6 Å². The van der Waals surface area contributed by atoms with E-state index in [1.54, 1.807) is 0 Å². The van der Waals surface area contributed by atoms with Crippen LogP contribution in [0.15, 0.2) is 29.8 Å². The lowest BCUT2D eigenvalue weighted by atomic mass is 9.97. The molecule has 0 aliphatic heterocycles. The van der Waals surface area contributed by atoms with Gasteiger partial charge >= 0.3 is 5.97 Å². The lowest BCUT2D eigenvalue weighted by Gasteiger charge is -2.15. The van der Waals surface area contributed by atoms with Crippen LogP contribution in [-0.2, 0) is 9.53 Å². The number of benzene rings is 1. The first kappa shape index (κ1) is 18.1. The van der Waals surface area contributed by atoms with Crippen LogP contribution in [0.1, 0.15) is 49.4 Å². The summed E-state index contributed by atoms with van der Waals surface area (Å²) in [6, 6.07) is 2.55. The Hall–Kier alpha value is -2.24. The Kier molecular flexibility index (Phi) is 6.46. The van der Waals surface area contributed by atoms with Crippen molar-refractivity contribution in [1.82, 2.24) is 5.32 Å². The molecule has 0 unspecified atom stereocenters. The summed E-state index contributed by atoms with van der Waals surface area (Å²) >= 11 is 0. The van der Waals surface area contributed by atoms with Gasteiger partial charge in [0.25, 0.3) is 5.91 Å². The van der Waals surface area contributed by atoms with Gasteiger partial charge in [-0.2, -0.15) is 0 Å². The van der Waals surface area contributed by atoms with Gasteiger partial charge in [-0.1, -0.05) is 11.6 Å². The van der Waals surface area contributed by atoms with E-state index in [1.807, 2.05) is 0 Å². The molecule has 4 nitrogen and oxygen atoms in total. The van der Waals surface area contributed by atoms with Gasteiger partial charge in [-0.05, 0) is 51.2 Å². The van der Waals surface area contributed by atoms with Crippen molar-refractivity contribution in [2.45, 2.75) is 45.1 Å². The second-order valence-electron chi connectivity index (χ2n) is 5.82. The van der Waals surface area contributed by atoms with Crippen LogP contribution >= 0.6 is 0 Å². The molecule has 0 bridgehead atoms. The van der Waals surface area contributed by atoms with E-state index in [4.69, 9.17) is 4.74 Å². The molecule has 0 fully saturated rings. The predicted molar refractivity (Wildman–Crippen MR) is 85.4 cm³/mol. The predicted octanol–water partition coefficient (Wildman–Crippen LogP) is 3.52. The Morgan fingerprint density at radius 2 is 2.08 bits per heavy atom. The number of hydrogen-bond donors (Lipinski definition) is 1. The van der Waals surface area contributed by atoms with Crippen LogP contribution in [0.5, 0.6) is 0 Å². The zero-order chi connectivity index (χ0) is 17.5. The van der Waals surface area contributed by atoms with E-state index >= 15 is 0 Å². The van der Waals surface area contributed by atoms with Crippen LogP contribution in [0.3, 0.4) is 0 Å². The maximum Gasteiger partial charge on any atom is 0.341 e. The van der Waals surface area contributed by atoms with E-state index < -0.39 is 35.2 Å². The molecule has 1 aromatic carbocycles. The van der Waals surface area contributed by atoms with Crippen molar-refractivity contribution in [1.29, 1.82) is 0 Å². The molecule has 1 aromatic rings. The Labute approximate surface area is 139 Å². The Bertz CT molecular complexity index is 643. The van der Waals surface area contributed by atoms with Crippen molar-refractivity contribution < 1.29 is 23.1 Å². The summed E-state index contributed by atoms with van der Waals surface area (Å²) in [6.07, 6.45) is 6.46.